The van der Waals surface area contributed by atoms with E-state index in [9.17, 15) is 4.79 Å². The molecule has 3 aromatic rings. The highest BCUT2D eigenvalue weighted by Crippen LogP contribution is 2.32. The number of urea groups is 1. The SMILES string of the molecule is CCCCc1nc2c(N)nc3c(c2n1CCCCNC(=O)NCc1ccccc1)CCCC3. The number of aryl methyl sites for hydroxylation is 4. The highest BCUT2D eigenvalue weighted by molar-refractivity contribution is 5.89. The molecule has 4 rings (SSSR count). The number of carbonyl (C=O) groups is 1. The molecular weight excluding hydrogens is 412 g/mol. The van der Waals surface area contributed by atoms with E-state index in [1.165, 1.54) is 23.9 Å². The molecule has 2 amide bonds. The molecule has 4 N–H and O–H groups in total. The molecular formula is C26H36N6O. The van der Waals surface area contributed by atoms with Crippen LogP contribution >= 0.6 is 0 Å². The largest absolute Gasteiger partial charge is 0.382 e. The van der Waals surface area contributed by atoms with Crippen LogP contribution in [0.1, 0.15) is 68.1 Å². The van der Waals surface area contributed by atoms with E-state index in [2.05, 4.69) is 22.1 Å². The number of fused-ring (bicyclic) bond motifs is 3. The topological polar surface area (TPSA) is 97.9 Å². The van der Waals surface area contributed by atoms with Crippen LogP contribution < -0.4 is 16.4 Å². The van der Waals surface area contributed by atoms with E-state index in [-0.39, 0.29) is 6.03 Å². The van der Waals surface area contributed by atoms with Gasteiger partial charge in [0.05, 0.1) is 5.52 Å². The summed E-state index contributed by atoms with van der Waals surface area (Å²) in [6.45, 7) is 4.28. The Morgan fingerprint density at radius 3 is 2.70 bits per heavy atom. The minimum Gasteiger partial charge on any atom is -0.382 e. The zero-order chi connectivity index (χ0) is 23.0. The highest BCUT2D eigenvalue weighted by Gasteiger charge is 2.22. The molecule has 1 aliphatic rings. The summed E-state index contributed by atoms with van der Waals surface area (Å²) in [6, 6.07) is 9.82. The highest BCUT2D eigenvalue weighted by atomic mass is 16.2. The fourth-order valence-electron chi connectivity index (χ4n) is 4.65. The molecule has 0 unspecified atom stereocenters. The van der Waals surface area contributed by atoms with Gasteiger partial charge in [0, 0.05) is 31.7 Å². The Labute approximate surface area is 196 Å². The van der Waals surface area contributed by atoms with Crippen LogP contribution in [0.25, 0.3) is 11.0 Å². The van der Waals surface area contributed by atoms with Crippen molar-refractivity contribution in [3.63, 3.8) is 0 Å². The molecule has 0 saturated carbocycles. The van der Waals surface area contributed by atoms with Gasteiger partial charge in [0.1, 0.15) is 11.3 Å². The van der Waals surface area contributed by atoms with Gasteiger partial charge in [-0.3, -0.25) is 0 Å². The molecule has 7 nitrogen and oxygen atoms in total. The number of amides is 2. The Morgan fingerprint density at radius 2 is 1.88 bits per heavy atom. The molecule has 1 aliphatic carbocycles. The number of hydrogen-bond donors (Lipinski definition) is 3. The summed E-state index contributed by atoms with van der Waals surface area (Å²) in [6.07, 6.45) is 9.53. The number of nitrogen functional groups attached to an aromatic ring is 1. The molecule has 0 bridgehead atoms. The van der Waals surface area contributed by atoms with Gasteiger partial charge in [0.15, 0.2) is 5.82 Å². The van der Waals surface area contributed by atoms with Crippen LogP contribution in [-0.4, -0.2) is 27.1 Å². The van der Waals surface area contributed by atoms with Crippen LogP contribution in [0.15, 0.2) is 30.3 Å². The van der Waals surface area contributed by atoms with Gasteiger partial charge < -0.3 is 20.9 Å². The zero-order valence-electron chi connectivity index (χ0n) is 19.7. The van der Waals surface area contributed by atoms with E-state index in [0.29, 0.717) is 18.9 Å². The zero-order valence-corrected chi connectivity index (χ0v) is 19.7. The maximum Gasteiger partial charge on any atom is 0.315 e. The average Bonchev–Trinajstić information content (AvgIpc) is 3.21. The van der Waals surface area contributed by atoms with Crippen molar-refractivity contribution in [2.75, 3.05) is 12.3 Å². The minimum atomic E-state index is -0.122. The first-order chi connectivity index (χ1) is 16.2. The smallest absolute Gasteiger partial charge is 0.315 e. The van der Waals surface area contributed by atoms with Gasteiger partial charge in [-0.2, -0.15) is 0 Å². The van der Waals surface area contributed by atoms with Crippen molar-refractivity contribution < 1.29 is 4.79 Å². The van der Waals surface area contributed by atoms with E-state index >= 15 is 0 Å². The normalized spacial score (nSPS) is 13.1. The maximum atomic E-state index is 12.1. The summed E-state index contributed by atoms with van der Waals surface area (Å²) in [5, 5.41) is 5.89. The van der Waals surface area contributed by atoms with E-state index in [4.69, 9.17) is 15.7 Å². The van der Waals surface area contributed by atoms with Gasteiger partial charge >= 0.3 is 6.03 Å². The minimum absolute atomic E-state index is 0.122. The van der Waals surface area contributed by atoms with Gasteiger partial charge in [0.25, 0.3) is 0 Å². The standard InChI is InChI=1S/C26H36N6O/c1-2-3-15-22-31-23-24(20-13-7-8-14-21(20)30-25(23)27)32(22)17-10-9-16-28-26(33)29-18-19-11-5-4-6-12-19/h4-6,11-12H,2-3,7-10,13-18H2,1H3,(H2,27,30)(H2,28,29,33). The fraction of sp³-hybridized carbons (Fsp3) is 0.500. The summed E-state index contributed by atoms with van der Waals surface area (Å²) >= 11 is 0. The van der Waals surface area contributed by atoms with Crippen molar-refractivity contribution in [2.45, 2.75) is 77.8 Å². The number of rotatable bonds is 10. The van der Waals surface area contributed by atoms with Crippen molar-refractivity contribution in [3.8, 4) is 0 Å². The van der Waals surface area contributed by atoms with E-state index in [1.54, 1.807) is 0 Å². The summed E-state index contributed by atoms with van der Waals surface area (Å²) < 4.78 is 2.39. The fourth-order valence-corrected chi connectivity index (χ4v) is 4.65. The number of imidazole rings is 1. The van der Waals surface area contributed by atoms with Crippen LogP contribution in [0.5, 0.6) is 0 Å². The first-order valence-electron chi connectivity index (χ1n) is 12.4. The second-order valence-electron chi connectivity index (χ2n) is 8.91. The van der Waals surface area contributed by atoms with Crippen LogP contribution in [0.3, 0.4) is 0 Å². The van der Waals surface area contributed by atoms with E-state index in [1.807, 2.05) is 30.3 Å². The Hall–Kier alpha value is -3.09. The third-order valence-corrected chi connectivity index (χ3v) is 6.41. The van der Waals surface area contributed by atoms with Crippen molar-refractivity contribution in [1.29, 1.82) is 0 Å². The Kier molecular flexibility index (Phi) is 7.81. The third-order valence-electron chi connectivity index (χ3n) is 6.41. The molecule has 0 fully saturated rings. The molecule has 0 saturated heterocycles. The monoisotopic (exact) mass is 448 g/mol. The van der Waals surface area contributed by atoms with Crippen molar-refractivity contribution >= 4 is 22.9 Å². The predicted molar refractivity (Wildman–Crippen MR) is 133 cm³/mol. The van der Waals surface area contributed by atoms with Gasteiger partial charge in [-0.05, 0) is 56.1 Å². The number of pyridine rings is 1. The molecule has 0 atom stereocenters. The number of nitrogens with zero attached hydrogens (tertiary/aromatic N) is 3. The summed E-state index contributed by atoms with van der Waals surface area (Å²) in [7, 11) is 0. The first kappa shape index (κ1) is 23.1. The number of unbranched alkanes of at least 4 members (excludes halogenated alkanes) is 2. The summed E-state index contributed by atoms with van der Waals surface area (Å²) in [5.74, 6) is 1.69. The molecule has 2 aromatic heterocycles. The van der Waals surface area contributed by atoms with Crippen molar-refractivity contribution in [3.05, 3.63) is 53.0 Å². The number of benzene rings is 1. The number of carbonyl (C=O) groups excluding carboxylic acids is 1. The Morgan fingerprint density at radius 1 is 1.06 bits per heavy atom. The molecule has 1 aromatic carbocycles. The van der Waals surface area contributed by atoms with E-state index < -0.39 is 0 Å². The number of hydrogen-bond acceptors (Lipinski definition) is 4. The van der Waals surface area contributed by atoms with Crippen molar-refractivity contribution in [2.24, 2.45) is 0 Å². The van der Waals surface area contributed by atoms with Crippen LogP contribution in [-0.2, 0) is 32.4 Å². The molecule has 176 valence electrons. The van der Waals surface area contributed by atoms with Crippen molar-refractivity contribution in [1.82, 2.24) is 25.2 Å². The van der Waals surface area contributed by atoms with Gasteiger partial charge in [-0.1, -0.05) is 43.7 Å². The van der Waals surface area contributed by atoms with Gasteiger partial charge in [-0.15, -0.1) is 0 Å². The number of anilines is 1. The molecule has 0 spiro atoms. The van der Waals surface area contributed by atoms with Crippen LogP contribution in [0.2, 0.25) is 0 Å². The lowest BCUT2D eigenvalue weighted by molar-refractivity contribution is 0.240. The quantitative estimate of drug-likeness (QED) is 0.397. The second kappa shape index (κ2) is 11.2. The van der Waals surface area contributed by atoms with E-state index in [0.717, 1.165) is 74.1 Å². The number of nitrogens with two attached hydrogens (primary N) is 1. The number of aromatic nitrogens is 3. The average molecular weight is 449 g/mol. The lowest BCUT2D eigenvalue weighted by Crippen LogP contribution is -2.35. The van der Waals surface area contributed by atoms with Gasteiger partial charge in [-0.25, -0.2) is 14.8 Å². The third kappa shape index (κ3) is 5.64. The van der Waals surface area contributed by atoms with Crippen LogP contribution in [0, 0.1) is 0 Å². The first-order valence-corrected chi connectivity index (χ1v) is 12.4. The second-order valence-corrected chi connectivity index (χ2v) is 8.91. The molecule has 33 heavy (non-hydrogen) atoms. The Balaban J connectivity index is 1.37. The summed E-state index contributed by atoms with van der Waals surface area (Å²) in [5.41, 5.74) is 12.0. The molecule has 2 heterocycles. The predicted octanol–water partition coefficient (Wildman–Crippen LogP) is 4.51. The Bertz CT molecular complexity index is 1080. The lowest BCUT2D eigenvalue weighted by Gasteiger charge is -2.18. The maximum absolute atomic E-state index is 12.1. The van der Waals surface area contributed by atoms with Gasteiger partial charge in [0.2, 0.25) is 0 Å². The van der Waals surface area contributed by atoms with Crippen LogP contribution in [0.4, 0.5) is 10.6 Å². The lowest BCUT2D eigenvalue weighted by atomic mass is 9.95. The molecule has 0 radical (unpaired) electrons. The molecule has 0 aliphatic heterocycles. The number of nitrogens with one attached hydrogen (secondary N) is 2. The molecule has 7 heteroatoms. The summed E-state index contributed by atoms with van der Waals surface area (Å²) in [4.78, 5) is 21.7.